The largest absolute Gasteiger partial charge is 0.436 e. The van der Waals surface area contributed by atoms with Crippen LogP contribution < -0.4 is 9.80 Å². The first kappa shape index (κ1) is 49.1. The Bertz CT molecular complexity index is 4530. The third-order valence-corrected chi connectivity index (χ3v) is 17.3. The summed E-state index contributed by atoms with van der Waals surface area (Å²) in [4.78, 5) is 25.2. The van der Waals surface area contributed by atoms with Crippen molar-refractivity contribution in [3.05, 3.63) is 277 Å². The van der Waals surface area contributed by atoms with Gasteiger partial charge in [0.05, 0.1) is 22.4 Å². The molecular weight excluding hydrogens is 1030 g/mol. The van der Waals surface area contributed by atoms with Gasteiger partial charge in [-0.15, -0.1) is 0 Å². The maximum absolute atomic E-state index is 6.16. The van der Waals surface area contributed by atoms with Gasteiger partial charge in [0, 0.05) is 67.2 Å². The van der Waals surface area contributed by atoms with Crippen molar-refractivity contribution in [2.75, 3.05) is 9.80 Å². The number of para-hydroxylation sites is 8. The molecule has 11 aromatic carbocycles. The van der Waals surface area contributed by atoms with E-state index in [1.807, 2.05) is 60.7 Å². The second-order valence-corrected chi connectivity index (χ2v) is 23.0. The lowest BCUT2D eigenvalue weighted by Crippen LogP contribution is -2.17. The number of fused-ring (bicyclic) bond motifs is 9. The summed E-state index contributed by atoms with van der Waals surface area (Å²) < 4.78 is 12.3. The molecule has 0 N–H and O–H groups in total. The summed E-state index contributed by atoms with van der Waals surface area (Å²) in [5.74, 6) is 1.21. The highest BCUT2D eigenvalue weighted by atomic mass is 16.4. The Labute approximate surface area is 486 Å². The standard InChI is InChI=1S/C76H54N6O2/c1-75(2)61-43-49(31-39-57(61)59-41-37-55(45-63(59)75)81(51-17-7-5-8-18-51)53-33-27-47(28-34-53)73-79-67-23-13-15-25-69(67)83-73)71-72(78-66-22-12-11-21-65(66)77-71)50-32-40-58-60-42-38-56(46-64(60)76(3,4)62(58)44-50)82(52-19-9-6-10-20-52)54-35-29-48(30-36-54)74-80-68-24-14-16-26-70(68)84-74/h5-46H,1-4H3. The van der Waals surface area contributed by atoms with Crippen LogP contribution in [0.1, 0.15) is 49.9 Å². The zero-order valence-corrected chi connectivity index (χ0v) is 46.7. The van der Waals surface area contributed by atoms with Gasteiger partial charge >= 0.3 is 0 Å². The van der Waals surface area contributed by atoms with Gasteiger partial charge in [-0.3, -0.25) is 0 Å². The Balaban J connectivity index is 0.738. The van der Waals surface area contributed by atoms with E-state index in [1.165, 1.54) is 44.5 Å². The summed E-state index contributed by atoms with van der Waals surface area (Å²) in [6, 6.07) is 89.8. The predicted molar refractivity (Wildman–Crippen MR) is 341 cm³/mol. The van der Waals surface area contributed by atoms with Crippen molar-refractivity contribution in [3.8, 4) is 67.7 Å². The van der Waals surface area contributed by atoms with Crippen molar-refractivity contribution in [2.24, 2.45) is 0 Å². The van der Waals surface area contributed by atoms with Crippen LogP contribution in [0.4, 0.5) is 34.1 Å². The van der Waals surface area contributed by atoms with Gasteiger partial charge in [-0.25, -0.2) is 19.9 Å². The van der Waals surface area contributed by atoms with Gasteiger partial charge in [-0.1, -0.05) is 137 Å². The highest BCUT2D eigenvalue weighted by Crippen LogP contribution is 2.54. The molecule has 0 spiro atoms. The molecule has 0 saturated heterocycles. The smallest absolute Gasteiger partial charge is 0.227 e. The maximum atomic E-state index is 6.16. The first-order chi connectivity index (χ1) is 41.1. The molecule has 8 heteroatoms. The zero-order valence-electron chi connectivity index (χ0n) is 46.7. The Kier molecular flexibility index (Phi) is 11.1. The van der Waals surface area contributed by atoms with E-state index in [0.717, 1.165) is 101 Å². The number of hydrogen-bond donors (Lipinski definition) is 0. The van der Waals surface area contributed by atoms with E-state index in [0.29, 0.717) is 11.8 Å². The van der Waals surface area contributed by atoms with Crippen molar-refractivity contribution in [3.63, 3.8) is 0 Å². The lowest BCUT2D eigenvalue weighted by Gasteiger charge is -2.28. The average molecular weight is 1080 g/mol. The number of hydrogen-bond acceptors (Lipinski definition) is 8. The van der Waals surface area contributed by atoms with Gasteiger partial charge in [-0.2, -0.15) is 0 Å². The van der Waals surface area contributed by atoms with Crippen molar-refractivity contribution >= 4 is 67.4 Å². The van der Waals surface area contributed by atoms with E-state index in [-0.39, 0.29) is 10.8 Å². The molecule has 400 valence electrons. The zero-order chi connectivity index (χ0) is 56.3. The number of oxazole rings is 2. The maximum Gasteiger partial charge on any atom is 0.227 e. The molecule has 0 saturated carbocycles. The van der Waals surface area contributed by atoms with Gasteiger partial charge in [0.1, 0.15) is 11.0 Å². The Morgan fingerprint density at radius 1 is 0.274 bits per heavy atom. The number of nitrogens with zero attached hydrogens (tertiary/aromatic N) is 6. The van der Waals surface area contributed by atoms with Crippen LogP contribution in [0.2, 0.25) is 0 Å². The first-order valence-corrected chi connectivity index (χ1v) is 28.6. The molecule has 0 unspecified atom stereocenters. The van der Waals surface area contributed by atoms with Gasteiger partial charge < -0.3 is 18.6 Å². The lowest BCUT2D eigenvalue weighted by atomic mass is 9.81. The molecule has 0 fully saturated rings. The van der Waals surface area contributed by atoms with Crippen LogP contribution in [0, 0.1) is 0 Å². The molecule has 3 heterocycles. The number of anilines is 6. The lowest BCUT2D eigenvalue weighted by molar-refractivity contribution is 0.619. The van der Waals surface area contributed by atoms with Crippen molar-refractivity contribution in [2.45, 2.75) is 38.5 Å². The van der Waals surface area contributed by atoms with E-state index in [9.17, 15) is 0 Å². The Morgan fingerprint density at radius 2 is 0.583 bits per heavy atom. The number of aromatic nitrogens is 4. The predicted octanol–water partition coefficient (Wildman–Crippen LogP) is 20.1. The molecule has 84 heavy (non-hydrogen) atoms. The van der Waals surface area contributed by atoms with Crippen molar-refractivity contribution in [1.82, 2.24) is 19.9 Å². The SMILES string of the molecule is CC1(C)c2cc(-c3nc4ccccc4nc3-c3ccc4c(c3)C(C)(C)c3cc(N(c5ccccc5)c5ccc(-c6nc7ccccc7o6)cc5)ccc3-4)ccc2-c2ccc(N(c3ccccc3)c3ccc(-c4nc5ccccc5o4)cc3)cc21. The van der Waals surface area contributed by atoms with Crippen LogP contribution in [0.25, 0.3) is 101 Å². The molecule has 0 radical (unpaired) electrons. The quantitative estimate of drug-likeness (QED) is 0.134. The third-order valence-electron chi connectivity index (χ3n) is 17.3. The third kappa shape index (κ3) is 7.97. The highest BCUT2D eigenvalue weighted by molar-refractivity contribution is 5.93. The van der Waals surface area contributed by atoms with Gasteiger partial charge in [-0.05, 0) is 190 Å². The molecule has 2 aliphatic rings. The summed E-state index contributed by atoms with van der Waals surface area (Å²) in [6.45, 7) is 9.40. The second-order valence-electron chi connectivity index (χ2n) is 23.0. The van der Waals surface area contributed by atoms with Crippen molar-refractivity contribution in [1.29, 1.82) is 0 Å². The van der Waals surface area contributed by atoms with E-state index in [4.69, 9.17) is 28.8 Å². The summed E-state index contributed by atoms with van der Waals surface area (Å²) >= 11 is 0. The molecule has 0 bridgehead atoms. The van der Waals surface area contributed by atoms with Crippen LogP contribution >= 0.6 is 0 Å². The minimum absolute atomic E-state index is 0.338. The van der Waals surface area contributed by atoms with Crippen LogP contribution in [0.3, 0.4) is 0 Å². The minimum atomic E-state index is -0.338. The first-order valence-electron chi connectivity index (χ1n) is 28.6. The number of benzene rings is 11. The van der Waals surface area contributed by atoms with Crippen molar-refractivity contribution < 1.29 is 8.83 Å². The van der Waals surface area contributed by atoms with Crippen LogP contribution in [-0.2, 0) is 10.8 Å². The molecule has 16 rings (SSSR count). The fourth-order valence-corrected chi connectivity index (χ4v) is 13.0. The normalized spacial score (nSPS) is 13.4. The molecule has 14 aromatic rings. The second kappa shape index (κ2) is 18.9. The highest BCUT2D eigenvalue weighted by Gasteiger charge is 2.39. The van der Waals surface area contributed by atoms with E-state index >= 15 is 0 Å². The molecule has 0 amide bonds. The van der Waals surface area contributed by atoms with Gasteiger partial charge in [0.25, 0.3) is 0 Å². The molecule has 2 aliphatic carbocycles. The van der Waals surface area contributed by atoms with Gasteiger partial charge in [0.2, 0.25) is 11.8 Å². The topological polar surface area (TPSA) is 84.3 Å². The molecule has 3 aromatic heterocycles. The summed E-state index contributed by atoms with van der Waals surface area (Å²) in [5, 5.41) is 0. The monoisotopic (exact) mass is 1080 g/mol. The summed E-state index contributed by atoms with van der Waals surface area (Å²) in [5.41, 5.74) is 26.3. The molecule has 0 atom stereocenters. The summed E-state index contributed by atoms with van der Waals surface area (Å²) in [6.07, 6.45) is 0. The van der Waals surface area contributed by atoms with Crippen LogP contribution in [0.5, 0.6) is 0 Å². The van der Waals surface area contributed by atoms with Crippen LogP contribution in [-0.4, -0.2) is 19.9 Å². The molecule has 0 aliphatic heterocycles. The summed E-state index contributed by atoms with van der Waals surface area (Å²) in [7, 11) is 0. The Hall–Kier alpha value is -10.7. The van der Waals surface area contributed by atoms with E-state index in [2.05, 4.69) is 232 Å². The molecule has 8 nitrogen and oxygen atoms in total. The van der Waals surface area contributed by atoms with E-state index < -0.39 is 0 Å². The number of rotatable bonds is 10. The minimum Gasteiger partial charge on any atom is -0.436 e. The average Bonchev–Trinajstić information content (AvgIpc) is 1.94. The Morgan fingerprint density at radius 3 is 0.976 bits per heavy atom. The van der Waals surface area contributed by atoms with Gasteiger partial charge in [0.15, 0.2) is 11.2 Å². The van der Waals surface area contributed by atoms with E-state index in [1.54, 1.807) is 0 Å². The van der Waals surface area contributed by atoms with Crippen LogP contribution in [0.15, 0.2) is 264 Å². The fourth-order valence-electron chi connectivity index (χ4n) is 13.0. The molecular formula is C76H54N6O2. The fraction of sp³-hybridized carbons (Fsp3) is 0.0789.